The molecular formula is C24H27N3O2S. The first-order chi connectivity index (χ1) is 14.8. The molecule has 0 spiro atoms. The van der Waals surface area contributed by atoms with Gasteiger partial charge in [-0.1, -0.05) is 37.1 Å². The van der Waals surface area contributed by atoms with Gasteiger partial charge in [-0.15, -0.1) is 11.8 Å². The zero-order chi connectivity index (χ0) is 20.6. The fourth-order valence-corrected chi connectivity index (χ4v) is 4.50. The lowest BCUT2D eigenvalue weighted by Crippen LogP contribution is -2.25. The van der Waals surface area contributed by atoms with Crippen LogP contribution < -0.4 is 10.2 Å². The second-order valence-electron chi connectivity index (χ2n) is 7.49. The highest BCUT2D eigenvalue weighted by atomic mass is 32.2. The van der Waals surface area contributed by atoms with Gasteiger partial charge in [0.2, 0.25) is 0 Å². The predicted molar refractivity (Wildman–Crippen MR) is 121 cm³/mol. The van der Waals surface area contributed by atoms with Gasteiger partial charge in [0.05, 0.1) is 6.26 Å². The van der Waals surface area contributed by atoms with Gasteiger partial charge >= 0.3 is 0 Å². The first-order valence-electron chi connectivity index (χ1n) is 10.5. The molecule has 0 unspecified atom stereocenters. The Morgan fingerprint density at radius 2 is 1.83 bits per heavy atom. The number of pyridine rings is 1. The first-order valence-corrected chi connectivity index (χ1v) is 11.5. The normalized spacial score (nSPS) is 14.3. The van der Waals surface area contributed by atoms with Gasteiger partial charge in [-0.25, -0.2) is 4.98 Å². The molecule has 2 aromatic heterocycles. The van der Waals surface area contributed by atoms with Crippen molar-refractivity contribution in [1.82, 2.24) is 10.3 Å². The highest BCUT2D eigenvalue weighted by Gasteiger charge is 2.16. The van der Waals surface area contributed by atoms with E-state index in [9.17, 15) is 4.79 Å². The Hall–Kier alpha value is -2.73. The van der Waals surface area contributed by atoms with Crippen molar-refractivity contribution >= 4 is 23.5 Å². The van der Waals surface area contributed by atoms with Gasteiger partial charge in [-0.2, -0.15) is 0 Å². The van der Waals surface area contributed by atoms with Crippen LogP contribution in [0.15, 0.2) is 70.3 Å². The number of carbonyl (C=O) groups is 1. The minimum atomic E-state index is -0.194. The van der Waals surface area contributed by atoms with Crippen molar-refractivity contribution < 1.29 is 9.21 Å². The molecular weight excluding hydrogens is 394 g/mol. The first kappa shape index (κ1) is 20.5. The molecule has 1 aromatic carbocycles. The summed E-state index contributed by atoms with van der Waals surface area (Å²) in [6.07, 6.45) is 8.50. The van der Waals surface area contributed by atoms with Crippen LogP contribution >= 0.6 is 11.8 Å². The summed E-state index contributed by atoms with van der Waals surface area (Å²) in [5.41, 5.74) is 1.88. The molecule has 1 aliphatic rings. The number of hydrogen-bond acceptors (Lipinski definition) is 5. The molecule has 1 fully saturated rings. The topological polar surface area (TPSA) is 58.4 Å². The lowest BCUT2D eigenvalue weighted by atomic mass is 10.2. The van der Waals surface area contributed by atoms with Crippen molar-refractivity contribution in [2.45, 2.75) is 42.9 Å². The van der Waals surface area contributed by atoms with E-state index in [1.165, 1.54) is 30.6 Å². The van der Waals surface area contributed by atoms with E-state index in [0.29, 0.717) is 18.1 Å². The van der Waals surface area contributed by atoms with Crippen LogP contribution in [0.5, 0.6) is 0 Å². The summed E-state index contributed by atoms with van der Waals surface area (Å²) in [7, 11) is 0. The lowest BCUT2D eigenvalue weighted by molar-refractivity contribution is 0.0922. The highest BCUT2D eigenvalue weighted by Crippen LogP contribution is 2.25. The lowest BCUT2D eigenvalue weighted by Gasteiger charge is -2.21. The molecule has 3 aromatic rings. The number of rotatable bonds is 7. The molecule has 1 saturated heterocycles. The number of nitrogens with zero attached hydrogens (tertiary/aromatic N) is 2. The van der Waals surface area contributed by atoms with Crippen LogP contribution in [0.1, 0.15) is 47.4 Å². The molecule has 5 nitrogen and oxygen atoms in total. The summed E-state index contributed by atoms with van der Waals surface area (Å²) in [5, 5.41) is 2.95. The number of furan rings is 1. The average molecular weight is 422 g/mol. The van der Waals surface area contributed by atoms with Gasteiger partial charge < -0.3 is 14.6 Å². The Labute approximate surface area is 181 Å². The molecule has 0 aliphatic carbocycles. The highest BCUT2D eigenvalue weighted by molar-refractivity contribution is 7.98. The molecule has 1 N–H and O–H groups in total. The molecule has 156 valence electrons. The number of amides is 1. The van der Waals surface area contributed by atoms with Gasteiger partial charge in [-0.3, -0.25) is 4.79 Å². The van der Waals surface area contributed by atoms with Crippen molar-refractivity contribution in [3.05, 3.63) is 77.9 Å². The van der Waals surface area contributed by atoms with E-state index in [2.05, 4.69) is 33.4 Å². The van der Waals surface area contributed by atoms with E-state index in [1.807, 2.05) is 36.5 Å². The summed E-state index contributed by atoms with van der Waals surface area (Å²) in [5.74, 6) is 1.90. The third kappa shape index (κ3) is 5.45. The van der Waals surface area contributed by atoms with E-state index >= 15 is 0 Å². The number of thioether (sulfide) groups is 1. The van der Waals surface area contributed by atoms with E-state index < -0.39 is 0 Å². The Morgan fingerprint density at radius 1 is 1.03 bits per heavy atom. The zero-order valence-electron chi connectivity index (χ0n) is 17.0. The molecule has 0 radical (unpaired) electrons. The van der Waals surface area contributed by atoms with Crippen LogP contribution in [0.3, 0.4) is 0 Å². The summed E-state index contributed by atoms with van der Waals surface area (Å²) in [4.78, 5) is 20.8. The van der Waals surface area contributed by atoms with Crippen LogP contribution in [0.25, 0.3) is 0 Å². The molecule has 4 rings (SSSR count). The molecule has 3 heterocycles. The summed E-state index contributed by atoms with van der Waals surface area (Å²) >= 11 is 1.69. The van der Waals surface area contributed by atoms with E-state index in [-0.39, 0.29) is 5.91 Å². The summed E-state index contributed by atoms with van der Waals surface area (Å²) in [6, 6.07) is 16.1. The second kappa shape index (κ2) is 10.3. The van der Waals surface area contributed by atoms with Crippen LogP contribution in [-0.4, -0.2) is 24.0 Å². The van der Waals surface area contributed by atoms with E-state index in [0.717, 1.165) is 30.0 Å². The zero-order valence-corrected chi connectivity index (χ0v) is 17.9. The van der Waals surface area contributed by atoms with Crippen LogP contribution in [0.2, 0.25) is 0 Å². The molecule has 30 heavy (non-hydrogen) atoms. The van der Waals surface area contributed by atoms with E-state index in [4.69, 9.17) is 4.42 Å². The van der Waals surface area contributed by atoms with Crippen LogP contribution in [0.4, 0.5) is 5.82 Å². The molecule has 0 saturated carbocycles. The minimum Gasteiger partial charge on any atom is -0.459 e. The maximum atomic E-state index is 12.6. The summed E-state index contributed by atoms with van der Waals surface area (Å²) in [6.45, 7) is 2.58. The molecule has 0 atom stereocenters. The van der Waals surface area contributed by atoms with Gasteiger partial charge in [0.15, 0.2) is 5.76 Å². The van der Waals surface area contributed by atoms with Crippen LogP contribution in [0, 0.1) is 0 Å². The van der Waals surface area contributed by atoms with Crippen molar-refractivity contribution in [1.29, 1.82) is 0 Å². The van der Waals surface area contributed by atoms with Crippen molar-refractivity contribution in [3.63, 3.8) is 0 Å². The maximum Gasteiger partial charge on any atom is 0.287 e. The maximum absolute atomic E-state index is 12.6. The molecule has 0 bridgehead atoms. The fourth-order valence-electron chi connectivity index (χ4n) is 3.60. The van der Waals surface area contributed by atoms with Gasteiger partial charge in [0, 0.05) is 42.0 Å². The number of carbonyl (C=O) groups excluding carboxylic acids is 1. The second-order valence-corrected chi connectivity index (χ2v) is 8.53. The van der Waals surface area contributed by atoms with Crippen LogP contribution in [-0.2, 0) is 12.3 Å². The molecule has 6 heteroatoms. The third-order valence-electron chi connectivity index (χ3n) is 5.28. The van der Waals surface area contributed by atoms with Crippen molar-refractivity contribution in [2.24, 2.45) is 0 Å². The number of nitrogens with one attached hydrogen (secondary N) is 1. The molecule has 1 amide bonds. The largest absolute Gasteiger partial charge is 0.459 e. The Bertz CT molecular complexity index is 933. The Morgan fingerprint density at radius 3 is 2.57 bits per heavy atom. The standard InChI is InChI=1S/C24H27N3O2S/c28-24(23-20(12-15-29-23)18-30-21-8-4-3-5-9-21)26-17-19-10-11-22(25-16-19)27-13-6-1-2-7-14-27/h3-5,8-12,15-16H,1-2,6-7,13-14,17-18H2,(H,26,28). The quantitative estimate of drug-likeness (QED) is 0.526. The third-order valence-corrected chi connectivity index (χ3v) is 6.34. The molecule has 1 aliphatic heterocycles. The number of aromatic nitrogens is 1. The van der Waals surface area contributed by atoms with Crippen molar-refractivity contribution in [3.8, 4) is 0 Å². The number of hydrogen-bond donors (Lipinski definition) is 1. The number of anilines is 1. The van der Waals surface area contributed by atoms with E-state index in [1.54, 1.807) is 18.0 Å². The van der Waals surface area contributed by atoms with Crippen molar-refractivity contribution in [2.75, 3.05) is 18.0 Å². The van der Waals surface area contributed by atoms with Gasteiger partial charge in [0.25, 0.3) is 5.91 Å². The predicted octanol–water partition coefficient (Wildman–Crippen LogP) is 5.28. The average Bonchev–Trinajstić information content (AvgIpc) is 3.10. The smallest absolute Gasteiger partial charge is 0.287 e. The Balaban J connectivity index is 1.31. The fraction of sp³-hybridized carbons (Fsp3) is 0.333. The SMILES string of the molecule is O=C(NCc1ccc(N2CCCCCC2)nc1)c1occc1CSc1ccccc1. The van der Waals surface area contributed by atoms with Gasteiger partial charge in [0.1, 0.15) is 5.82 Å². The number of benzene rings is 1. The van der Waals surface area contributed by atoms with Gasteiger partial charge in [-0.05, 0) is 42.7 Å². The Kier molecular flexibility index (Phi) is 7.08. The summed E-state index contributed by atoms with van der Waals surface area (Å²) < 4.78 is 5.47. The minimum absolute atomic E-state index is 0.194. The monoisotopic (exact) mass is 421 g/mol.